The maximum atomic E-state index is 10.6. The van der Waals surface area contributed by atoms with Gasteiger partial charge in [-0.25, -0.2) is 0 Å². The van der Waals surface area contributed by atoms with E-state index in [0.29, 0.717) is 25.1 Å². The number of methoxy groups -OCH3 is 1. The summed E-state index contributed by atoms with van der Waals surface area (Å²) in [6.07, 6.45) is 2.22. The van der Waals surface area contributed by atoms with E-state index in [1.807, 2.05) is 30.3 Å². The van der Waals surface area contributed by atoms with Crippen LogP contribution in [0.2, 0.25) is 0 Å². The van der Waals surface area contributed by atoms with Crippen LogP contribution in [0.3, 0.4) is 0 Å². The van der Waals surface area contributed by atoms with Crippen molar-refractivity contribution in [3.63, 3.8) is 0 Å². The summed E-state index contributed by atoms with van der Waals surface area (Å²) in [5, 5.41) is 12.8. The molecule has 2 aliphatic heterocycles. The smallest absolute Gasteiger partial charge is 0.231 e. The molecule has 144 valence electrons. The molecule has 28 heavy (non-hydrogen) atoms. The van der Waals surface area contributed by atoms with Crippen molar-refractivity contribution in [1.82, 2.24) is 4.90 Å². The van der Waals surface area contributed by atoms with Gasteiger partial charge in [0.2, 0.25) is 6.79 Å². The van der Waals surface area contributed by atoms with Gasteiger partial charge in [-0.05, 0) is 66.1 Å². The van der Waals surface area contributed by atoms with Crippen LogP contribution in [0.15, 0.2) is 48.5 Å². The lowest BCUT2D eigenvalue weighted by molar-refractivity contribution is 0.173. The predicted octanol–water partition coefficient (Wildman–Crippen LogP) is 4.62. The zero-order chi connectivity index (χ0) is 19.1. The Morgan fingerprint density at radius 1 is 1.07 bits per heavy atom. The van der Waals surface area contributed by atoms with Crippen molar-refractivity contribution in [2.75, 3.05) is 20.4 Å². The van der Waals surface area contributed by atoms with E-state index in [-0.39, 0.29) is 0 Å². The van der Waals surface area contributed by atoms with Crippen LogP contribution in [0.1, 0.15) is 30.0 Å². The molecular weight excluding hydrogens is 354 g/mol. The van der Waals surface area contributed by atoms with Crippen molar-refractivity contribution in [2.45, 2.75) is 25.4 Å². The molecule has 1 unspecified atom stereocenters. The normalized spacial score (nSPS) is 18.7. The Morgan fingerprint density at radius 2 is 1.93 bits per heavy atom. The molecule has 5 nitrogen and oxygen atoms in total. The zero-order valence-corrected chi connectivity index (χ0v) is 15.9. The van der Waals surface area contributed by atoms with Crippen molar-refractivity contribution in [2.24, 2.45) is 0 Å². The number of hydrogen-bond donors (Lipinski definition) is 1. The lowest BCUT2D eigenvalue weighted by Crippen LogP contribution is -2.23. The van der Waals surface area contributed by atoms with Crippen molar-refractivity contribution >= 4 is 10.8 Å². The number of hydrogen-bond acceptors (Lipinski definition) is 5. The third-order valence-corrected chi connectivity index (χ3v) is 5.82. The van der Waals surface area contributed by atoms with Gasteiger partial charge < -0.3 is 19.3 Å². The fraction of sp³-hybridized carbons (Fsp3) is 0.304. The number of ether oxygens (including phenoxy) is 3. The first-order valence-electron chi connectivity index (χ1n) is 9.65. The molecule has 1 N–H and O–H groups in total. The van der Waals surface area contributed by atoms with Gasteiger partial charge in [0.15, 0.2) is 11.5 Å². The Hall–Kier alpha value is -2.92. The molecule has 3 aromatic carbocycles. The first-order chi connectivity index (χ1) is 13.7. The van der Waals surface area contributed by atoms with E-state index >= 15 is 0 Å². The largest absolute Gasteiger partial charge is 0.508 e. The predicted molar refractivity (Wildman–Crippen MR) is 107 cm³/mol. The molecule has 0 bridgehead atoms. The summed E-state index contributed by atoms with van der Waals surface area (Å²) in [7, 11) is 1.67. The van der Waals surface area contributed by atoms with Crippen molar-refractivity contribution in [1.29, 1.82) is 0 Å². The molecule has 1 saturated heterocycles. The third kappa shape index (κ3) is 2.92. The number of rotatable bonds is 4. The minimum absolute atomic E-state index is 0.291. The molecule has 0 radical (unpaired) electrons. The van der Waals surface area contributed by atoms with Crippen LogP contribution in [0.4, 0.5) is 0 Å². The number of fused-ring (bicyclic) bond motifs is 2. The standard InChI is InChI=1S/C23H23NO4/c1-26-17-7-4-15-5-8-21(25)19(18(15)12-17)13-24-10-2-3-20(24)16-6-9-22-23(11-16)28-14-27-22/h4-9,11-12,20,25H,2-3,10,13-14H2,1H3. The second kappa shape index (κ2) is 6.91. The SMILES string of the molecule is COc1ccc2ccc(O)c(CN3CCCC3c3ccc4c(c3)OCO4)c2c1. The summed E-state index contributed by atoms with van der Waals surface area (Å²) in [4.78, 5) is 2.44. The molecule has 0 aromatic heterocycles. The van der Waals surface area contributed by atoms with E-state index in [1.165, 1.54) is 5.56 Å². The van der Waals surface area contributed by atoms with E-state index in [1.54, 1.807) is 13.2 Å². The van der Waals surface area contributed by atoms with Crippen LogP contribution < -0.4 is 14.2 Å². The lowest BCUT2D eigenvalue weighted by Gasteiger charge is -2.26. The molecule has 5 rings (SSSR count). The Bertz CT molecular complexity index is 1030. The molecule has 3 aromatic rings. The lowest BCUT2D eigenvalue weighted by atomic mass is 10.0. The summed E-state index contributed by atoms with van der Waals surface area (Å²) in [5.41, 5.74) is 2.18. The van der Waals surface area contributed by atoms with Crippen molar-refractivity contribution < 1.29 is 19.3 Å². The number of phenolic OH excluding ortho intramolecular Hbond substituents is 1. The molecule has 5 heteroatoms. The monoisotopic (exact) mass is 377 g/mol. The molecule has 2 aliphatic rings. The highest BCUT2D eigenvalue weighted by Crippen LogP contribution is 2.41. The topological polar surface area (TPSA) is 51.2 Å². The minimum Gasteiger partial charge on any atom is -0.508 e. The van der Waals surface area contributed by atoms with Gasteiger partial charge in [-0.15, -0.1) is 0 Å². The summed E-state index contributed by atoms with van der Waals surface area (Å²) in [5.74, 6) is 2.76. The first kappa shape index (κ1) is 17.2. The van der Waals surface area contributed by atoms with Crippen molar-refractivity contribution in [3.8, 4) is 23.0 Å². The average molecular weight is 377 g/mol. The minimum atomic E-state index is 0.291. The van der Waals surface area contributed by atoms with Crippen LogP contribution in [-0.4, -0.2) is 30.5 Å². The van der Waals surface area contributed by atoms with Gasteiger partial charge in [-0.1, -0.05) is 18.2 Å². The second-order valence-electron chi connectivity index (χ2n) is 7.39. The summed E-state index contributed by atoms with van der Waals surface area (Å²) in [6.45, 7) is 1.98. The fourth-order valence-corrected chi connectivity index (χ4v) is 4.36. The van der Waals surface area contributed by atoms with E-state index in [0.717, 1.165) is 53.0 Å². The third-order valence-electron chi connectivity index (χ3n) is 5.82. The first-order valence-corrected chi connectivity index (χ1v) is 9.65. The van der Waals surface area contributed by atoms with Crippen LogP contribution in [0, 0.1) is 0 Å². The number of phenols is 1. The van der Waals surface area contributed by atoms with Crippen LogP contribution in [0.25, 0.3) is 10.8 Å². The highest BCUT2D eigenvalue weighted by Gasteiger charge is 2.28. The maximum Gasteiger partial charge on any atom is 0.231 e. The number of benzene rings is 3. The number of nitrogens with zero attached hydrogens (tertiary/aromatic N) is 1. The molecule has 0 aliphatic carbocycles. The van der Waals surface area contributed by atoms with Gasteiger partial charge in [0.25, 0.3) is 0 Å². The van der Waals surface area contributed by atoms with E-state index in [9.17, 15) is 5.11 Å². The molecular formula is C23H23NO4. The highest BCUT2D eigenvalue weighted by molar-refractivity contribution is 5.89. The summed E-state index contributed by atoms with van der Waals surface area (Å²) >= 11 is 0. The van der Waals surface area contributed by atoms with Gasteiger partial charge in [0.1, 0.15) is 11.5 Å². The molecule has 0 amide bonds. The van der Waals surface area contributed by atoms with Gasteiger partial charge in [-0.2, -0.15) is 0 Å². The van der Waals surface area contributed by atoms with E-state index in [4.69, 9.17) is 14.2 Å². The average Bonchev–Trinajstić information content (AvgIpc) is 3.38. The maximum absolute atomic E-state index is 10.6. The molecule has 2 heterocycles. The Kier molecular flexibility index (Phi) is 4.24. The molecule has 1 fully saturated rings. The second-order valence-corrected chi connectivity index (χ2v) is 7.39. The quantitative estimate of drug-likeness (QED) is 0.719. The molecule has 0 spiro atoms. The summed E-state index contributed by atoms with van der Waals surface area (Å²) < 4.78 is 16.4. The summed E-state index contributed by atoms with van der Waals surface area (Å²) in [6, 6.07) is 16.3. The number of aromatic hydroxyl groups is 1. The van der Waals surface area contributed by atoms with Gasteiger partial charge >= 0.3 is 0 Å². The molecule has 0 saturated carbocycles. The zero-order valence-electron chi connectivity index (χ0n) is 15.9. The Balaban J connectivity index is 1.49. The van der Waals surface area contributed by atoms with Gasteiger partial charge in [-0.3, -0.25) is 4.90 Å². The Labute approximate surface area is 164 Å². The Morgan fingerprint density at radius 3 is 2.82 bits per heavy atom. The van der Waals surface area contributed by atoms with Crippen molar-refractivity contribution in [3.05, 3.63) is 59.7 Å². The van der Waals surface area contributed by atoms with Crippen LogP contribution in [-0.2, 0) is 6.54 Å². The highest BCUT2D eigenvalue weighted by atomic mass is 16.7. The van der Waals surface area contributed by atoms with E-state index < -0.39 is 0 Å². The van der Waals surface area contributed by atoms with Crippen LogP contribution in [0.5, 0.6) is 23.0 Å². The fourth-order valence-electron chi connectivity index (χ4n) is 4.36. The van der Waals surface area contributed by atoms with Crippen LogP contribution >= 0.6 is 0 Å². The van der Waals surface area contributed by atoms with Gasteiger partial charge in [0, 0.05) is 18.2 Å². The molecule has 1 atom stereocenters. The number of likely N-dealkylation sites (tertiary alicyclic amines) is 1. The van der Waals surface area contributed by atoms with Gasteiger partial charge in [0.05, 0.1) is 7.11 Å². The van der Waals surface area contributed by atoms with E-state index in [2.05, 4.69) is 17.0 Å².